The lowest BCUT2D eigenvalue weighted by Gasteiger charge is -2.19. The van der Waals surface area contributed by atoms with Crippen LogP contribution >= 0.6 is 11.3 Å². The molecule has 18 heavy (non-hydrogen) atoms. The van der Waals surface area contributed by atoms with E-state index in [0.717, 1.165) is 12.8 Å². The summed E-state index contributed by atoms with van der Waals surface area (Å²) in [7, 11) is 2.04. The third-order valence-corrected chi connectivity index (χ3v) is 4.36. The predicted molar refractivity (Wildman–Crippen MR) is 80.4 cm³/mol. The molecule has 0 aliphatic carbocycles. The SMILES string of the molecule is CCc1ccc(CC)c(C(NC)c2cccs2)c1. The minimum atomic E-state index is 0.325. The highest BCUT2D eigenvalue weighted by Gasteiger charge is 2.16. The summed E-state index contributed by atoms with van der Waals surface area (Å²) in [6.45, 7) is 4.44. The van der Waals surface area contributed by atoms with Gasteiger partial charge in [0.1, 0.15) is 0 Å². The molecule has 0 aliphatic heterocycles. The summed E-state index contributed by atoms with van der Waals surface area (Å²) in [6, 6.07) is 11.6. The second-order valence-corrected chi connectivity index (χ2v) is 5.46. The Labute approximate surface area is 114 Å². The van der Waals surface area contributed by atoms with E-state index in [9.17, 15) is 0 Å². The van der Waals surface area contributed by atoms with Crippen LogP contribution in [0.4, 0.5) is 0 Å². The molecule has 2 aromatic rings. The van der Waals surface area contributed by atoms with Gasteiger partial charge in [-0.3, -0.25) is 0 Å². The Morgan fingerprint density at radius 1 is 1.17 bits per heavy atom. The molecule has 0 spiro atoms. The highest BCUT2D eigenvalue weighted by atomic mass is 32.1. The largest absolute Gasteiger partial charge is 0.309 e. The third-order valence-electron chi connectivity index (χ3n) is 3.43. The zero-order valence-corrected chi connectivity index (χ0v) is 12.2. The molecule has 0 fully saturated rings. The molecule has 1 aromatic heterocycles. The van der Waals surface area contributed by atoms with Crippen molar-refractivity contribution in [3.63, 3.8) is 0 Å². The van der Waals surface area contributed by atoms with Gasteiger partial charge in [-0.1, -0.05) is 38.1 Å². The molecule has 1 atom stereocenters. The summed E-state index contributed by atoms with van der Waals surface area (Å²) in [5.74, 6) is 0. The number of benzene rings is 1. The van der Waals surface area contributed by atoms with Crippen molar-refractivity contribution in [2.75, 3.05) is 7.05 Å². The van der Waals surface area contributed by atoms with E-state index in [0.29, 0.717) is 6.04 Å². The number of aryl methyl sites for hydroxylation is 2. The van der Waals surface area contributed by atoms with Gasteiger partial charge in [-0.05, 0) is 48.0 Å². The van der Waals surface area contributed by atoms with Gasteiger partial charge < -0.3 is 5.32 Å². The van der Waals surface area contributed by atoms with Crippen LogP contribution in [-0.2, 0) is 12.8 Å². The highest BCUT2D eigenvalue weighted by Crippen LogP contribution is 2.29. The molecule has 0 radical (unpaired) electrons. The molecule has 1 nitrogen and oxygen atoms in total. The van der Waals surface area contributed by atoms with E-state index in [2.05, 4.69) is 54.9 Å². The smallest absolute Gasteiger partial charge is 0.0671 e. The van der Waals surface area contributed by atoms with Crippen molar-refractivity contribution in [1.29, 1.82) is 0 Å². The minimum absolute atomic E-state index is 0.325. The summed E-state index contributed by atoms with van der Waals surface area (Å²) in [5, 5.41) is 5.60. The molecule has 0 saturated heterocycles. The molecule has 0 saturated carbocycles. The maximum atomic E-state index is 3.46. The summed E-state index contributed by atoms with van der Waals surface area (Å²) in [4.78, 5) is 1.39. The van der Waals surface area contributed by atoms with Crippen molar-refractivity contribution in [2.45, 2.75) is 32.7 Å². The van der Waals surface area contributed by atoms with Gasteiger partial charge in [0.2, 0.25) is 0 Å². The van der Waals surface area contributed by atoms with Gasteiger partial charge in [0.25, 0.3) is 0 Å². The van der Waals surface area contributed by atoms with Crippen molar-refractivity contribution in [3.05, 3.63) is 57.3 Å². The monoisotopic (exact) mass is 259 g/mol. The average Bonchev–Trinajstić information content (AvgIpc) is 2.93. The molecular weight excluding hydrogens is 238 g/mol. The molecule has 1 heterocycles. The van der Waals surface area contributed by atoms with Gasteiger partial charge in [0, 0.05) is 4.88 Å². The first kappa shape index (κ1) is 13.3. The fraction of sp³-hybridized carbons (Fsp3) is 0.375. The van der Waals surface area contributed by atoms with E-state index in [1.165, 1.54) is 21.6 Å². The van der Waals surface area contributed by atoms with Crippen molar-refractivity contribution >= 4 is 11.3 Å². The van der Waals surface area contributed by atoms with Gasteiger partial charge in [0.05, 0.1) is 6.04 Å². The third kappa shape index (κ3) is 2.65. The fourth-order valence-electron chi connectivity index (χ4n) is 2.36. The summed E-state index contributed by atoms with van der Waals surface area (Å²) >= 11 is 1.82. The molecule has 0 bridgehead atoms. The predicted octanol–water partition coefficient (Wildman–Crippen LogP) is 4.18. The van der Waals surface area contributed by atoms with Gasteiger partial charge in [0.15, 0.2) is 0 Å². The topological polar surface area (TPSA) is 12.0 Å². The summed E-state index contributed by atoms with van der Waals surface area (Å²) < 4.78 is 0. The number of nitrogens with one attached hydrogen (secondary N) is 1. The Morgan fingerprint density at radius 2 is 2.00 bits per heavy atom. The number of rotatable bonds is 5. The van der Waals surface area contributed by atoms with Crippen molar-refractivity contribution < 1.29 is 0 Å². The lowest BCUT2D eigenvalue weighted by Crippen LogP contribution is -2.18. The first-order valence-electron chi connectivity index (χ1n) is 6.62. The van der Waals surface area contributed by atoms with Crippen LogP contribution in [-0.4, -0.2) is 7.05 Å². The molecule has 1 unspecified atom stereocenters. The second-order valence-electron chi connectivity index (χ2n) is 4.48. The Hall–Kier alpha value is -1.12. The maximum absolute atomic E-state index is 3.46. The van der Waals surface area contributed by atoms with Crippen LogP contribution in [0.15, 0.2) is 35.7 Å². The van der Waals surface area contributed by atoms with Crippen LogP contribution < -0.4 is 5.32 Å². The molecule has 0 amide bonds. The Bertz CT molecular complexity index is 488. The molecule has 0 aliphatic rings. The van der Waals surface area contributed by atoms with E-state index in [1.54, 1.807) is 0 Å². The Morgan fingerprint density at radius 3 is 2.56 bits per heavy atom. The standard InChI is InChI=1S/C16H21NS/c1-4-12-8-9-13(5-2)14(11-12)16(17-3)15-7-6-10-18-15/h6-11,16-17H,4-5H2,1-3H3. The second kappa shape index (κ2) is 6.17. The van der Waals surface area contributed by atoms with Crippen LogP contribution in [0.3, 0.4) is 0 Å². The average molecular weight is 259 g/mol. The van der Waals surface area contributed by atoms with Crippen LogP contribution in [0.25, 0.3) is 0 Å². The van der Waals surface area contributed by atoms with Crippen LogP contribution in [0.5, 0.6) is 0 Å². The van der Waals surface area contributed by atoms with E-state index < -0.39 is 0 Å². The van der Waals surface area contributed by atoms with Gasteiger partial charge in [-0.25, -0.2) is 0 Å². The number of hydrogen-bond acceptors (Lipinski definition) is 2. The fourth-order valence-corrected chi connectivity index (χ4v) is 3.21. The lowest BCUT2D eigenvalue weighted by molar-refractivity contribution is 0.694. The minimum Gasteiger partial charge on any atom is -0.309 e. The molecule has 96 valence electrons. The van der Waals surface area contributed by atoms with E-state index in [1.807, 2.05) is 18.4 Å². The quantitative estimate of drug-likeness (QED) is 0.849. The zero-order chi connectivity index (χ0) is 13.0. The van der Waals surface area contributed by atoms with E-state index in [4.69, 9.17) is 0 Å². The maximum Gasteiger partial charge on any atom is 0.0671 e. The summed E-state index contributed by atoms with van der Waals surface area (Å²) in [5.41, 5.74) is 4.29. The Kier molecular flexibility index (Phi) is 4.56. The first-order valence-corrected chi connectivity index (χ1v) is 7.50. The molecule has 2 heteroatoms. The Balaban J connectivity index is 2.46. The van der Waals surface area contributed by atoms with Gasteiger partial charge in [-0.2, -0.15) is 0 Å². The van der Waals surface area contributed by atoms with E-state index in [-0.39, 0.29) is 0 Å². The van der Waals surface area contributed by atoms with Crippen molar-refractivity contribution in [1.82, 2.24) is 5.32 Å². The molecule has 2 rings (SSSR count). The normalized spacial score (nSPS) is 12.6. The number of thiophene rings is 1. The van der Waals surface area contributed by atoms with Gasteiger partial charge >= 0.3 is 0 Å². The van der Waals surface area contributed by atoms with Crippen molar-refractivity contribution in [3.8, 4) is 0 Å². The van der Waals surface area contributed by atoms with Crippen LogP contribution in [0, 0.1) is 0 Å². The first-order chi connectivity index (χ1) is 8.80. The van der Waals surface area contributed by atoms with Crippen LogP contribution in [0.1, 0.15) is 41.5 Å². The lowest BCUT2D eigenvalue weighted by atomic mass is 9.94. The van der Waals surface area contributed by atoms with E-state index >= 15 is 0 Å². The van der Waals surface area contributed by atoms with Crippen molar-refractivity contribution in [2.24, 2.45) is 0 Å². The van der Waals surface area contributed by atoms with Gasteiger partial charge in [-0.15, -0.1) is 11.3 Å². The highest BCUT2D eigenvalue weighted by molar-refractivity contribution is 7.10. The molecule has 1 N–H and O–H groups in total. The molecule has 1 aromatic carbocycles. The number of hydrogen-bond donors (Lipinski definition) is 1. The van der Waals surface area contributed by atoms with Crippen LogP contribution in [0.2, 0.25) is 0 Å². The summed E-state index contributed by atoms with van der Waals surface area (Å²) in [6.07, 6.45) is 2.18. The molecular formula is C16H21NS. The zero-order valence-electron chi connectivity index (χ0n) is 11.4.